The van der Waals surface area contributed by atoms with Gasteiger partial charge in [-0.05, 0) is 61.4 Å². The molecule has 2 aromatic carbocycles. The summed E-state index contributed by atoms with van der Waals surface area (Å²) in [6, 6.07) is 13.4. The highest BCUT2D eigenvalue weighted by Crippen LogP contribution is 2.37. The largest absolute Gasteiger partial charge is 0.404 e. The lowest BCUT2D eigenvalue weighted by Gasteiger charge is -2.17. The molecule has 4 aromatic rings. The lowest BCUT2D eigenvalue weighted by atomic mass is 10.1. The van der Waals surface area contributed by atoms with Gasteiger partial charge < -0.3 is 4.57 Å². The maximum atomic E-state index is 14.7. The number of halogens is 4. The molecule has 2 aromatic heterocycles. The van der Waals surface area contributed by atoms with Gasteiger partial charge in [0.1, 0.15) is 22.8 Å². The number of hydrogen-bond acceptors (Lipinski definition) is 5. The zero-order valence-electron chi connectivity index (χ0n) is 20.0. The van der Waals surface area contributed by atoms with Crippen LogP contribution < -0.4 is 4.72 Å². The Kier molecular flexibility index (Phi) is 6.98. The molecule has 194 valence electrons. The molecule has 1 unspecified atom stereocenters. The van der Waals surface area contributed by atoms with Crippen molar-refractivity contribution in [2.45, 2.75) is 37.4 Å². The van der Waals surface area contributed by atoms with Crippen LogP contribution >= 0.6 is 0 Å². The van der Waals surface area contributed by atoms with Crippen LogP contribution in [0.25, 0.3) is 28.0 Å². The number of nitrogens with zero attached hydrogens (tertiary/aromatic N) is 4. The van der Waals surface area contributed by atoms with Crippen LogP contribution in [0.1, 0.15) is 30.5 Å². The van der Waals surface area contributed by atoms with Crippen molar-refractivity contribution in [1.82, 2.24) is 14.3 Å². The first-order valence-corrected chi connectivity index (χ1v) is 12.7. The molecule has 0 aliphatic heterocycles. The number of hydrogen-bond donors (Lipinski definition) is 1. The first-order valence-electron chi connectivity index (χ1n) is 11.2. The molecule has 12 heteroatoms. The Morgan fingerprint density at radius 3 is 2.42 bits per heavy atom. The molecule has 38 heavy (non-hydrogen) atoms. The monoisotopic (exact) mass is 541 g/mol. The third kappa shape index (κ3) is 4.84. The summed E-state index contributed by atoms with van der Waals surface area (Å²) in [5, 5.41) is 19.7. The van der Waals surface area contributed by atoms with E-state index in [2.05, 4.69) is 11.1 Å². The van der Waals surface area contributed by atoms with Gasteiger partial charge in [0.05, 0.1) is 34.1 Å². The summed E-state index contributed by atoms with van der Waals surface area (Å²) >= 11 is 0. The number of alkyl halides is 3. The van der Waals surface area contributed by atoms with Crippen molar-refractivity contribution < 1.29 is 26.0 Å². The van der Waals surface area contributed by atoms with Gasteiger partial charge in [-0.15, -0.1) is 0 Å². The van der Waals surface area contributed by atoms with Crippen molar-refractivity contribution in [3.05, 3.63) is 77.2 Å². The van der Waals surface area contributed by atoms with E-state index in [1.54, 1.807) is 46.5 Å². The van der Waals surface area contributed by atoms with Gasteiger partial charge in [-0.3, -0.25) is 4.98 Å². The summed E-state index contributed by atoms with van der Waals surface area (Å²) in [5.41, 5.74) is 2.01. The van der Waals surface area contributed by atoms with E-state index in [9.17, 15) is 36.5 Å². The molecular weight excluding hydrogens is 522 g/mol. The van der Waals surface area contributed by atoms with Crippen LogP contribution in [0.3, 0.4) is 0 Å². The lowest BCUT2D eigenvalue weighted by molar-refractivity contribution is -0.147. The van der Waals surface area contributed by atoms with E-state index in [-0.39, 0.29) is 22.3 Å². The molecule has 1 atom stereocenters. The van der Waals surface area contributed by atoms with Gasteiger partial charge in [-0.1, -0.05) is 13.0 Å². The normalized spacial score (nSPS) is 12.7. The van der Waals surface area contributed by atoms with Crippen LogP contribution in [0.15, 0.2) is 59.6 Å². The Morgan fingerprint density at radius 2 is 1.84 bits per heavy atom. The maximum absolute atomic E-state index is 14.7. The molecule has 0 saturated heterocycles. The molecule has 2 heterocycles. The number of aryl methyl sites for hydroxylation is 1. The predicted octanol–water partition coefficient (Wildman–Crippen LogP) is 5.37. The number of rotatable bonds is 6. The summed E-state index contributed by atoms with van der Waals surface area (Å²) in [6.07, 6.45) is -3.53. The number of fused-ring (bicyclic) bond motifs is 1. The van der Waals surface area contributed by atoms with Crippen LogP contribution in [0, 0.1) is 28.5 Å². The Bertz CT molecular complexity index is 1730. The van der Waals surface area contributed by atoms with Crippen LogP contribution in [-0.2, 0) is 16.4 Å². The number of benzene rings is 2. The Morgan fingerprint density at radius 1 is 1.11 bits per heavy atom. The summed E-state index contributed by atoms with van der Waals surface area (Å²) < 4.78 is 81.6. The van der Waals surface area contributed by atoms with Gasteiger partial charge in [0, 0.05) is 17.3 Å². The molecular formula is C26H19F4N5O2S. The Labute approximate surface area is 215 Å². The Balaban J connectivity index is 1.95. The van der Waals surface area contributed by atoms with E-state index in [1.807, 2.05) is 6.07 Å². The standard InChI is InChI=1S/C26H19F4N5O2S/c1-3-17-10-24-20(11-22(17)27)21(13-32)25(35(24)18-6-4-5-16(9-18)12-31)23-8-7-19(14-33-23)38(36,37)34-15(2)26(28,29)30/h4-11,14-15,34H,3H2,1-2H3. The molecule has 0 spiro atoms. The predicted molar refractivity (Wildman–Crippen MR) is 131 cm³/mol. The van der Waals surface area contributed by atoms with Crippen molar-refractivity contribution in [3.63, 3.8) is 0 Å². The van der Waals surface area contributed by atoms with Crippen LogP contribution in [0.2, 0.25) is 0 Å². The third-order valence-corrected chi connectivity index (χ3v) is 7.50. The van der Waals surface area contributed by atoms with Crippen LogP contribution in [0.5, 0.6) is 0 Å². The molecule has 0 aliphatic carbocycles. The summed E-state index contributed by atoms with van der Waals surface area (Å²) in [7, 11) is -4.56. The maximum Gasteiger partial charge on any atom is 0.404 e. The minimum absolute atomic E-state index is 0.0517. The topological polar surface area (TPSA) is 112 Å². The van der Waals surface area contributed by atoms with E-state index in [0.29, 0.717) is 35.7 Å². The van der Waals surface area contributed by atoms with Crippen molar-refractivity contribution in [3.8, 4) is 29.2 Å². The quantitative estimate of drug-likeness (QED) is 0.330. The highest BCUT2D eigenvalue weighted by Gasteiger charge is 2.39. The highest BCUT2D eigenvalue weighted by molar-refractivity contribution is 7.89. The average molecular weight is 542 g/mol. The lowest BCUT2D eigenvalue weighted by Crippen LogP contribution is -2.42. The van der Waals surface area contributed by atoms with Crippen molar-refractivity contribution >= 4 is 20.9 Å². The van der Waals surface area contributed by atoms with Crippen LogP contribution in [0.4, 0.5) is 17.6 Å². The molecule has 0 fully saturated rings. The van der Waals surface area contributed by atoms with E-state index in [4.69, 9.17) is 0 Å². The second-order valence-electron chi connectivity index (χ2n) is 8.41. The molecule has 7 nitrogen and oxygen atoms in total. The molecule has 0 aliphatic rings. The smallest absolute Gasteiger partial charge is 0.306 e. The van der Waals surface area contributed by atoms with Gasteiger partial charge in [-0.2, -0.15) is 28.4 Å². The average Bonchev–Trinajstić information content (AvgIpc) is 3.20. The Hall–Kier alpha value is -4.26. The zero-order valence-corrected chi connectivity index (χ0v) is 20.8. The van der Waals surface area contributed by atoms with Crippen molar-refractivity contribution in [2.24, 2.45) is 0 Å². The number of nitriles is 2. The summed E-state index contributed by atoms with van der Waals surface area (Å²) in [4.78, 5) is 3.64. The van der Waals surface area contributed by atoms with Gasteiger partial charge in [0.15, 0.2) is 0 Å². The fraction of sp³-hybridized carbons (Fsp3) is 0.192. The van der Waals surface area contributed by atoms with E-state index in [1.165, 1.54) is 12.1 Å². The summed E-state index contributed by atoms with van der Waals surface area (Å²) in [5.74, 6) is -0.509. The highest BCUT2D eigenvalue weighted by atomic mass is 32.2. The SMILES string of the molecule is CCc1cc2c(cc1F)c(C#N)c(-c1ccc(S(=O)(=O)NC(C)C(F)(F)F)cn1)n2-c1cccc(C#N)c1. The van der Waals surface area contributed by atoms with Gasteiger partial charge in [-0.25, -0.2) is 12.8 Å². The molecule has 0 radical (unpaired) electrons. The van der Waals surface area contributed by atoms with Crippen LogP contribution in [-0.4, -0.2) is 30.2 Å². The molecule has 1 N–H and O–H groups in total. The number of sulfonamides is 1. The molecule has 0 saturated carbocycles. The third-order valence-electron chi connectivity index (χ3n) is 5.97. The van der Waals surface area contributed by atoms with Crippen molar-refractivity contribution in [1.29, 1.82) is 10.5 Å². The fourth-order valence-corrected chi connectivity index (χ4v) is 5.18. The molecule has 0 bridgehead atoms. The van der Waals surface area contributed by atoms with Gasteiger partial charge in [0.25, 0.3) is 0 Å². The van der Waals surface area contributed by atoms with E-state index >= 15 is 0 Å². The molecule has 4 rings (SSSR count). The van der Waals surface area contributed by atoms with E-state index < -0.39 is 33.0 Å². The number of pyridine rings is 1. The second kappa shape index (κ2) is 9.89. The van der Waals surface area contributed by atoms with Crippen molar-refractivity contribution in [2.75, 3.05) is 0 Å². The number of aromatic nitrogens is 2. The minimum Gasteiger partial charge on any atom is -0.306 e. The van der Waals surface area contributed by atoms with E-state index in [0.717, 1.165) is 12.3 Å². The first-order chi connectivity index (χ1) is 17.9. The van der Waals surface area contributed by atoms with Gasteiger partial charge >= 0.3 is 6.18 Å². The fourth-order valence-electron chi connectivity index (χ4n) is 4.01. The second-order valence-corrected chi connectivity index (χ2v) is 10.1. The number of nitrogens with one attached hydrogen (secondary N) is 1. The zero-order chi connectivity index (χ0) is 27.8. The van der Waals surface area contributed by atoms with Gasteiger partial charge in [0.2, 0.25) is 10.0 Å². The first kappa shape index (κ1) is 26.8. The summed E-state index contributed by atoms with van der Waals surface area (Å²) in [6.45, 7) is 2.45. The molecule has 0 amide bonds. The minimum atomic E-state index is -4.78.